The highest BCUT2D eigenvalue weighted by atomic mass is 32.1. The molecule has 1 aliphatic heterocycles. The third-order valence-corrected chi connectivity index (χ3v) is 4.86. The van der Waals surface area contributed by atoms with Gasteiger partial charge in [0.2, 0.25) is 5.91 Å². The summed E-state index contributed by atoms with van der Waals surface area (Å²) >= 11 is 1.52. The summed E-state index contributed by atoms with van der Waals surface area (Å²) < 4.78 is 0. The van der Waals surface area contributed by atoms with E-state index in [9.17, 15) is 9.59 Å². The van der Waals surface area contributed by atoms with E-state index in [1.807, 2.05) is 24.0 Å². The molecule has 122 valence electrons. The van der Waals surface area contributed by atoms with Gasteiger partial charge in [-0.05, 0) is 31.4 Å². The molecule has 1 fully saturated rings. The van der Waals surface area contributed by atoms with Crippen LogP contribution in [0.4, 0.5) is 0 Å². The first-order valence-corrected chi connectivity index (χ1v) is 8.60. The summed E-state index contributed by atoms with van der Waals surface area (Å²) in [4.78, 5) is 30.2. The minimum Gasteiger partial charge on any atom is -0.338 e. The summed E-state index contributed by atoms with van der Waals surface area (Å²) in [6.07, 6.45) is 0.701. The Kier molecular flexibility index (Phi) is 5.58. The molecule has 22 heavy (non-hydrogen) atoms. The van der Waals surface area contributed by atoms with Crippen LogP contribution in [0.3, 0.4) is 0 Å². The molecule has 0 radical (unpaired) electrons. The quantitative estimate of drug-likeness (QED) is 0.917. The van der Waals surface area contributed by atoms with Crippen LogP contribution in [-0.2, 0) is 4.79 Å². The number of aryl methyl sites for hydroxylation is 1. The fraction of sp³-hybridized carbons (Fsp3) is 0.625. The van der Waals surface area contributed by atoms with Gasteiger partial charge in [-0.1, -0.05) is 13.8 Å². The maximum absolute atomic E-state index is 12.4. The molecule has 2 heterocycles. The molecule has 5 nitrogen and oxygen atoms in total. The highest BCUT2D eigenvalue weighted by Crippen LogP contribution is 2.18. The van der Waals surface area contributed by atoms with Crippen molar-refractivity contribution in [1.82, 2.24) is 9.80 Å². The predicted octanol–water partition coefficient (Wildman–Crippen LogP) is 1.71. The number of thiophene rings is 1. The summed E-state index contributed by atoms with van der Waals surface area (Å²) in [5.41, 5.74) is 5.97. The van der Waals surface area contributed by atoms with Crippen LogP contribution >= 0.6 is 11.3 Å². The lowest BCUT2D eigenvalue weighted by Gasteiger charge is -2.36. The second-order valence-electron chi connectivity index (χ2n) is 6.26. The molecule has 2 rings (SSSR count). The third kappa shape index (κ3) is 4.08. The summed E-state index contributed by atoms with van der Waals surface area (Å²) in [6, 6.07) is 3.41. The predicted molar refractivity (Wildman–Crippen MR) is 89.0 cm³/mol. The Hall–Kier alpha value is -1.40. The molecule has 2 N–H and O–H groups in total. The average molecular weight is 323 g/mol. The molecule has 0 bridgehead atoms. The lowest BCUT2D eigenvalue weighted by Crippen LogP contribution is -2.54. The molecule has 1 aromatic heterocycles. The summed E-state index contributed by atoms with van der Waals surface area (Å²) in [5.74, 6) is 0.480. The molecule has 0 aromatic carbocycles. The lowest BCUT2D eigenvalue weighted by molar-refractivity contribution is -0.134. The van der Waals surface area contributed by atoms with Crippen molar-refractivity contribution in [1.29, 1.82) is 0 Å². The van der Waals surface area contributed by atoms with Gasteiger partial charge in [-0.15, -0.1) is 11.3 Å². The first-order chi connectivity index (χ1) is 10.4. The monoisotopic (exact) mass is 323 g/mol. The van der Waals surface area contributed by atoms with Crippen LogP contribution in [0.1, 0.15) is 34.8 Å². The molecule has 0 spiro atoms. The maximum Gasteiger partial charge on any atom is 0.264 e. The van der Waals surface area contributed by atoms with Crippen LogP contribution in [0, 0.1) is 12.8 Å². The SMILES string of the molecule is Cc1ccc(C(=O)N2CCN(C(=O)[C@@H](N)CC(C)C)CC2)s1. The maximum atomic E-state index is 12.4. The highest BCUT2D eigenvalue weighted by Gasteiger charge is 2.28. The molecule has 0 unspecified atom stereocenters. The Bertz CT molecular complexity index is 533. The normalized spacial score (nSPS) is 17.0. The number of nitrogens with two attached hydrogens (primary N) is 1. The van der Waals surface area contributed by atoms with Crippen molar-refractivity contribution in [2.24, 2.45) is 11.7 Å². The first-order valence-electron chi connectivity index (χ1n) is 7.78. The number of rotatable bonds is 4. The van der Waals surface area contributed by atoms with Gasteiger partial charge in [-0.2, -0.15) is 0 Å². The van der Waals surface area contributed by atoms with Crippen LogP contribution in [0.25, 0.3) is 0 Å². The Morgan fingerprint density at radius 2 is 1.77 bits per heavy atom. The van der Waals surface area contributed by atoms with Crippen LogP contribution in [0.5, 0.6) is 0 Å². The van der Waals surface area contributed by atoms with Crippen LogP contribution in [0.15, 0.2) is 12.1 Å². The zero-order valence-electron chi connectivity index (χ0n) is 13.5. The van der Waals surface area contributed by atoms with E-state index in [0.29, 0.717) is 38.5 Å². The molecular formula is C16H25N3O2S. The summed E-state index contributed by atoms with van der Waals surface area (Å²) in [7, 11) is 0. The van der Waals surface area contributed by atoms with Gasteiger partial charge >= 0.3 is 0 Å². The van der Waals surface area contributed by atoms with Crippen molar-refractivity contribution in [2.75, 3.05) is 26.2 Å². The van der Waals surface area contributed by atoms with Gasteiger partial charge in [-0.25, -0.2) is 0 Å². The average Bonchev–Trinajstić information content (AvgIpc) is 2.91. The van der Waals surface area contributed by atoms with Crippen molar-refractivity contribution in [2.45, 2.75) is 33.2 Å². The Balaban J connectivity index is 1.87. The number of piperazine rings is 1. The minimum atomic E-state index is -0.429. The van der Waals surface area contributed by atoms with Gasteiger partial charge in [0.1, 0.15) is 0 Å². The number of nitrogens with zero attached hydrogens (tertiary/aromatic N) is 2. The van der Waals surface area contributed by atoms with Crippen molar-refractivity contribution in [3.63, 3.8) is 0 Å². The standard InChI is InChI=1S/C16H25N3O2S/c1-11(2)10-13(17)15(20)18-6-8-19(9-7-18)16(21)14-5-4-12(3)22-14/h4-5,11,13H,6-10,17H2,1-3H3/t13-/m0/s1. The van der Waals surface area contributed by atoms with Gasteiger partial charge in [0.25, 0.3) is 5.91 Å². The molecular weight excluding hydrogens is 298 g/mol. The molecule has 1 aliphatic rings. The highest BCUT2D eigenvalue weighted by molar-refractivity contribution is 7.13. The van der Waals surface area contributed by atoms with Gasteiger partial charge in [0, 0.05) is 31.1 Å². The second kappa shape index (κ2) is 7.24. The largest absolute Gasteiger partial charge is 0.338 e. The van der Waals surface area contributed by atoms with Crippen molar-refractivity contribution >= 4 is 23.2 Å². The molecule has 0 saturated carbocycles. The topological polar surface area (TPSA) is 66.6 Å². The number of carbonyl (C=O) groups excluding carboxylic acids is 2. The van der Waals surface area contributed by atoms with E-state index < -0.39 is 6.04 Å². The number of amides is 2. The number of hydrogen-bond acceptors (Lipinski definition) is 4. The molecule has 2 amide bonds. The second-order valence-corrected chi connectivity index (χ2v) is 7.55. The molecule has 1 atom stereocenters. The summed E-state index contributed by atoms with van der Waals surface area (Å²) in [6.45, 7) is 8.42. The van der Waals surface area contributed by atoms with E-state index in [4.69, 9.17) is 5.73 Å². The number of carbonyl (C=O) groups is 2. The molecule has 0 aliphatic carbocycles. The van der Waals surface area contributed by atoms with Crippen LogP contribution < -0.4 is 5.73 Å². The van der Waals surface area contributed by atoms with Crippen LogP contribution in [-0.4, -0.2) is 53.8 Å². The van der Waals surface area contributed by atoms with Crippen molar-refractivity contribution in [3.8, 4) is 0 Å². The Morgan fingerprint density at radius 3 is 2.27 bits per heavy atom. The van der Waals surface area contributed by atoms with E-state index >= 15 is 0 Å². The van der Waals surface area contributed by atoms with Crippen molar-refractivity contribution < 1.29 is 9.59 Å². The fourth-order valence-electron chi connectivity index (χ4n) is 2.68. The van der Waals surface area contributed by atoms with E-state index in [1.54, 1.807) is 4.90 Å². The smallest absolute Gasteiger partial charge is 0.264 e. The van der Waals surface area contributed by atoms with Gasteiger partial charge in [0.15, 0.2) is 0 Å². The molecule has 1 saturated heterocycles. The third-order valence-electron chi connectivity index (χ3n) is 3.87. The Morgan fingerprint density at radius 1 is 1.18 bits per heavy atom. The van der Waals surface area contributed by atoms with Gasteiger partial charge < -0.3 is 15.5 Å². The van der Waals surface area contributed by atoms with E-state index in [-0.39, 0.29) is 11.8 Å². The van der Waals surface area contributed by atoms with Crippen LogP contribution in [0.2, 0.25) is 0 Å². The van der Waals surface area contributed by atoms with E-state index in [0.717, 1.165) is 9.75 Å². The minimum absolute atomic E-state index is 0.00719. The zero-order valence-corrected chi connectivity index (χ0v) is 14.4. The lowest BCUT2D eigenvalue weighted by atomic mass is 10.0. The Labute approximate surface area is 136 Å². The fourth-order valence-corrected chi connectivity index (χ4v) is 3.51. The summed E-state index contributed by atoms with van der Waals surface area (Å²) in [5, 5.41) is 0. The molecule has 6 heteroatoms. The van der Waals surface area contributed by atoms with Crippen molar-refractivity contribution in [3.05, 3.63) is 21.9 Å². The van der Waals surface area contributed by atoms with E-state index in [1.165, 1.54) is 11.3 Å². The molecule has 1 aromatic rings. The zero-order chi connectivity index (χ0) is 16.3. The van der Waals surface area contributed by atoms with E-state index in [2.05, 4.69) is 13.8 Å². The van der Waals surface area contributed by atoms with Gasteiger partial charge in [-0.3, -0.25) is 9.59 Å². The first kappa shape index (κ1) is 17.0. The number of hydrogen-bond donors (Lipinski definition) is 1. The van der Waals surface area contributed by atoms with Gasteiger partial charge in [0.05, 0.1) is 10.9 Å².